The Hall–Kier alpha value is -2.70. The topological polar surface area (TPSA) is 118 Å². The Morgan fingerprint density at radius 2 is 1.78 bits per heavy atom. The van der Waals surface area contributed by atoms with E-state index in [9.17, 15) is 17.8 Å². The minimum Gasteiger partial charge on any atom is -0.482 e. The lowest BCUT2D eigenvalue weighted by Gasteiger charge is -2.13. The summed E-state index contributed by atoms with van der Waals surface area (Å²) < 4.78 is 55.4. The number of hydrogen-bond donors (Lipinski definition) is 0. The van der Waals surface area contributed by atoms with Crippen LogP contribution in [-0.4, -0.2) is 52.6 Å². The Morgan fingerprint density at radius 1 is 1.12 bits per heavy atom. The zero-order valence-electron chi connectivity index (χ0n) is 18.2. The monoisotopic (exact) mass is 481 g/mol. The molecule has 1 aromatic carbocycles. The molecular formula is C21H24NO8PS. The Kier molecular flexibility index (Phi) is 8.99. The van der Waals surface area contributed by atoms with Crippen LogP contribution in [0, 0.1) is 11.8 Å². The predicted octanol–water partition coefficient (Wildman–Crippen LogP) is 2.08. The first-order valence-corrected chi connectivity index (χ1v) is 13.3. The molecule has 11 heteroatoms. The van der Waals surface area contributed by atoms with Crippen molar-refractivity contribution in [2.24, 2.45) is 0 Å². The Balaban J connectivity index is 2.29. The average molecular weight is 481 g/mol. The Morgan fingerprint density at radius 3 is 2.38 bits per heavy atom. The zero-order valence-corrected chi connectivity index (χ0v) is 19.9. The van der Waals surface area contributed by atoms with Crippen molar-refractivity contribution < 1.29 is 36.0 Å². The van der Waals surface area contributed by atoms with Crippen LogP contribution in [-0.2, 0) is 39.5 Å². The number of carbonyl (C=O) groups excluding carboxylic acids is 1. The van der Waals surface area contributed by atoms with Crippen molar-refractivity contribution in [1.29, 1.82) is 0 Å². The van der Waals surface area contributed by atoms with Crippen LogP contribution in [0.2, 0.25) is 0 Å². The predicted molar refractivity (Wildman–Crippen MR) is 119 cm³/mol. The van der Waals surface area contributed by atoms with Gasteiger partial charge >= 0.3 is 5.97 Å². The molecule has 0 aliphatic rings. The number of nitrogens with zero attached hydrogens (tertiary/aromatic N) is 1. The summed E-state index contributed by atoms with van der Waals surface area (Å²) in [6.45, 7) is 2.86. The second-order valence-electron chi connectivity index (χ2n) is 6.57. The molecule has 0 aliphatic heterocycles. The number of pyridine rings is 1. The third-order valence-corrected chi connectivity index (χ3v) is 6.23. The minimum atomic E-state index is -3.68. The first-order chi connectivity index (χ1) is 15.0. The largest absolute Gasteiger partial charge is 0.482 e. The molecule has 1 atom stereocenters. The molecule has 0 aliphatic carbocycles. The van der Waals surface area contributed by atoms with Gasteiger partial charge in [-0.25, -0.2) is 9.78 Å². The molecule has 1 heterocycles. The summed E-state index contributed by atoms with van der Waals surface area (Å²) in [5.74, 6) is 5.90. The van der Waals surface area contributed by atoms with E-state index < -0.39 is 23.5 Å². The quantitative estimate of drug-likeness (QED) is 0.230. The van der Waals surface area contributed by atoms with Crippen LogP contribution in [0.4, 0.5) is 0 Å². The number of esters is 1. The molecule has 1 unspecified atom stereocenters. The van der Waals surface area contributed by atoms with E-state index in [1.165, 1.54) is 13.8 Å². The van der Waals surface area contributed by atoms with E-state index in [4.69, 9.17) is 13.4 Å². The molecular weight excluding hydrogens is 457 g/mol. The molecule has 0 saturated carbocycles. The molecule has 32 heavy (non-hydrogen) atoms. The molecule has 0 radical (unpaired) electrons. The number of benzene rings is 1. The molecule has 0 saturated heterocycles. The van der Waals surface area contributed by atoms with Crippen LogP contribution in [0.1, 0.15) is 23.7 Å². The number of hydrogen-bond acceptors (Lipinski definition) is 9. The SMILES string of the molecule is CCOP(C)(=O)c1cc(C#Cc2ccc(OCC(=O)OC)cc2)cc(COS(C)(=O)=O)n1. The van der Waals surface area contributed by atoms with Crippen molar-refractivity contribution in [3.8, 4) is 17.6 Å². The summed E-state index contributed by atoms with van der Waals surface area (Å²) in [5.41, 5.74) is 1.55. The normalized spacial score (nSPS) is 12.9. The highest BCUT2D eigenvalue weighted by molar-refractivity contribution is 7.85. The highest BCUT2D eigenvalue weighted by Crippen LogP contribution is 2.40. The van der Waals surface area contributed by atoms with E-state index in [1.807, 2.05) is 0 Å². The van der Waals surface area contributed by atoms with E-state index in [0.29, 0.717) is 16.9 Å². The van der Waals surface area contributed by atoms with Gasteiger partial charge in [0.25, 0.3) is 10.1 Å². The Labute approximate surface area is 187 Å². The summed E-state index contributed by atoms with van der Waals surface area (Å²) in [4.78, 5) is 15.4. The lowest BCUT2D eigenvalue weighted by atomic mass is 10.2. The second kappa shape index (κ2) is 11.2. The number of carbonyl (C=O) groups is 1. The van der Waals surface area contributed by atoms with Crippen LogP contribution >= 0.6 is 7.37 Å². The molecule has 1 aromatic heterocycles. The van der Waals surface area contributed by atoms with Crippen molar-refractivity contribution in [3.05, 3.63) is 53.2 Å². The molecule has 0 N–H and O–H groups in total. The maximum absolute atomic E-state index is 12.8. The van der Waals surface area contributed by atoms with Crippen molar-refractivity contribution in [2.75, 3.05) is 33.2 Å². The number of ether oxygens (including phenoxy) is 2. The lowest BCUT2D eigenvalue weighted by Crippen LogP contribution is -2.15. The molecule has 0 bridgehead atoms. The summed E-state index contributed by atoms with van der Waals surface area (Å²) in [5, 5.41) is 0. The van der Waals surface area contributed by atoms with Crippen molar-refractivity contribution in [3.63, 3.8) is 0 Å². The van der Waals surface area contributed by atoms with Gasteiger partial charge in [0, 0.05) is 17.8 Å². The van der Waals surface area contributed by atoms with Gasteiger partial charge in [-0.05, 0) is 43.3 Å². The fraction of sp³-hybridized carbons (Fsp3) is 0.333. The first-order valence-electron chi connectivity index (χ1n) is 9.42. The minimum absolute atomic E-state index is 0.171. The van der Waals surface area contributed by atoms with Crippen molar-refractivity contribution in [1.82, 2.24) is 4.98 Å². The molecule has 0 amide bonds. The van der Waals surface area contributed by atoms with E-state index in [2.05, 4.69) is 21.6 Å². The van der Waals surface area contributed by atoms with E-state index in [0.717, 1.165) is 6.26 Å². The van der Waals surface area contributed by atoms with Crippen LogP contribution in [0.3, 0.4) is 0 Å². The molecule has 2 rings (SSSR count). The molecule has 0 spiro atoms. The molecule has 9 nitrogen and oxygen atoms in total. The molecule has 2 aromatic rings. The summed E-state index contributed by atoms with van der Waals surface area (Å²) in [6, 6.07) is 9.83. The third-order valence-electron chi connectivity index (χ3n) is 3.87. The van der Waals surface area contributed by atoms with E-state index in [1.54, 1.807) is 43.3 Å². The van der Waals surface area contributed by atoms with Gasteiger partial charge in [0.15, 0.2) is 6.61 Å². The van der Waals surface area contributed by atoms with Crippen LogP contribution in [0.15, 0.2) is 36.4 Å². The smallest absolute Gasteiger partial charge is 0.343 e. The maximum atomic E-state index is 12.8. The fourth-order valence-electron chi connectivity index (χ4n) is 2.39. The van der Waals surface area contributed by atoms with Gasteiger partial charge < -0.3 is 14.0 Å². The van der Waals surface area contributed by atoms with Gasteiger partial charge in [0.1, 0.15) is 17.8 Å². The van der Waals surface area contributed by atoms with Crippen LogP contribution < -0.4 is 10.2 Å². The number of rotatable bonds is 9. The highest BCUT2D eigenvalue weighted by atomic mass is 32.2. The molecule has 172 valence electrons. The maximum Gasteiger partial charge on any atom is 0.343 e. The highest BCUT2D eigenvalue weighted by Gasteiger charge is 2.22. The first kappa shape index (κ1) is 25.6. The van der Waals surface area contributed by atoms with E-state index >= 15 is 0 Å². The van der Waals surface area contributed by atoms with E-state index in [-0.39, 0.29) is 30.9 Å². The number of aromatic nitrogens is 1. The number of methoxy groups -OCH3 is 1. The van der Waals surface area contributed by atoms with Gasteiger partial charge in [-0.3, -0.25) is 8.75 Å². The lowest BCUT2D eigenvalue weighted by molar-refractivity contribution is -0.142. The van der Waals surface area contributed by atoms with Crippen LogP contribution in [0.25, 0.3) is 0 Å². The second-order valence-corrected chi connectivity index (χ2v) is 10.6. The van der Waals surface area contributed by atoms with Crippen molar-refractivity contribution >= 4 is 28.9 Å². The Bertz CT molecular complexity index is 1170. The van der Waals surface area contributed by atoms with Crippen LogP contribution in [0.5, 0.6) is 5.75 Å². The van der Waals surface area contributed by atoms with Gasteiger partial charge in [-0.1, -0.05) is 11.8 Å². The summed E-state index contributed by atoms with van der Waals surface area (Å²) in [7, 11) is -5.63. The van der Waals surface area contributed by atoms with Gasteiger partial charge in [-0.2, -0.15) is 8.42 Å². The standard InChI is InChI=1S/C21H24NO8PS/c1-5-29-31(3,24)20-13-17(12-18(22-20)14-30-32(4,25)26)7-6-16-8-10-19(11-9-16)28-15-21(23)27-2/h8-13H,5,14-15H2,1-4H3. The third kappa shape index (κ3) is 8.44. The summed E-state index contributed by atoms with van der Waals surface area (Å²) in [6.07, 6.45) is 0.932. The van der Waals surface area contributed by atoms with Gasteiger partial charge in [0.05, 0.1) is 25.7 Å². The van der Waals surface area contributed by atoms with Gasteiger partial charge in [0.2, 0.25) is 7.37 Å². The average Bonchev–Trinajstić information content (AvgIpc) is 2.74. The zero-order chi connectivity index (χ0) is 23.8. The van der Waals surface area contributed by atoms with Crippen molar-refractivity contribution in [2.45, 2.75) is 13.5 Å². The molecule has 0 fully saturated rings. The van der Waals surface area contributed by atoms with Gasteiger partial charge in [-0.15, -0.1) is 0 Å². The fourth-order valence-corrected chi connectivity index (χ4v) is 4.03. The summed E-state index contributed by atoms with van der Waals surface area (Å²) >= 11 is 0.